The van der Waals surface area contributed by atoms with Crippen LogP contribution in [-0.4, -0.2) is 11.3 Å². The fourth-order valence-corrected chi connectivity index (χ4v) is 2.51. The van der Waals surface area contributed by atoms with Crippen LogP contribution in [0.15, 0.2) is 60.7 Å². The number of aliphatic hydroxyl groups excluding tert-OH is 1. The number of hydrogen-bond donors (Lipinski definition) is 2. The van der Waals surface area contributed by atoms with Gasteiger partial charge in [-0.15, -0.1) is 11.6 Å². The molecule has 0 aliphatic heterocycles. The van der Waals surface area contributed by atoms with Crippen molar-refractivity contribution in [2.45, 2.75) is 17.5 Å². The lowest BCUT2D eigenvalue weighted by atomic mass is 9.87. The molecule has 0 aromatic heterocycles. The Labute approximate surface area is 112 Å². The molecule has 94 valence electrons. The van der Waals surface area contributed by atoms with E-state index in [1.165, 1.54) is 0 Å². The van der Waals surface area contributed by atoms with Gasteiger partial charge in [0.15, 0.2) is 0 Å². The minimum atomic E-state index is -0.956. The summed E-state index contributed by atoms with van der Waals surface area (Å²) >= 11 is 6.75. The van der Waals surface area contributed by atoms with E-state index in [4.69, 9.17) is 17.3 Å². The highest BCUT2D eigenvalue weighted by molar-refractivity contribution is 6.26. The van der Waals surface area contributed by atoms with E-state index in [9.17, 15) is 5.11 Å². The first-order chi connectivity index (χ1) is 8.63. The number of benzene rings is 2. The van der Waals surface area contributed by atoms with Gasteiger partial charge in [0, 0.05) is 6.42 Å². The Balaban J connectivity index is 2.48. The molecule has 0 aliphatic rings. The van der Waals surface area contributed by atoms with Crippen molar-refractivity contribution >= 4 is 11.6 Å². The van der Waals surface area contributed by atoms with E-state index < -0.39 is 11.1 Å². The molecule has 0 aliphatic carbocycles. The van der Waals surface area contributed by atoms with Crippen LogP contribution in [0.4, 0.5) is 0 Å². The van der Waals surface area contributed by atoms with Gasteiger partial charge >= 0.3 is 0 Å². The third-order valence-corrected chi connectivity index (χ3v) is 3.54. The summed E-state index contributed by atoms with van der Waals surface area (Å²) in [7, 11) is 0. The van der Waals surface area contributed by atoms with Gasteiger partial charge < -0.3 is 10.8 Å². The number of nitrogens with two attached hydrogens (primary N) is 1. The highest BCUT2D eigenvalue weighted by Crippen LogP contribution is 2.40. The first-order valence-corrected chi connectivity index (χ1v) is 6.24. The van der Waals surface area contributed by atoms with Crippen LogP contribution in [0.1, 0.15) is 17.5 Å². The zero-order valence-electron chi connectivity index (χ0n) is 9.96. The monoisotopic (exact) mass is 261 g/mol. The van der Waals surface area contributed by atoms with Crippen LogP contribution >= 0.6 is 11.6 Å². The van der Waals surface area contributed by atoms with Crippen LogP contribution in [0.3, 0.4) is 0 Å². The van der Waals surface area contributed by atoms with E-state index in [1.807, 2.05) is 60.7 Å². The van der Waals surface area contributed by atoms with Crippen molar-refractivity contribution < 1.29 is 5.11 Å². The topological polar surface area (TPSA) is 46.2 Å². The SMILES string of the molecule is NC(O)CC(Cl)(c1ccccc1)c1ccccc1. The summed E-state index contributed by atoms with van der Waals surface area (Å²) in [4.78, 5) is -0.795. The lowest BCUT2D eigenvalue weighted by Gasteiger charge is -2.29. The van der Waals surface area contributed by atoms with Crippen LogP contribution in [0.2, 0.25) is 0 Å². The smallest absolute Gasteiger partial charge is 0.104 e. The van der Waals surface area contributed by atoms with E-state index >= 15 is 0 Å². The minimum Gasteiger partial charge on any atom is -0.379 e. The number of halogens is 1. The molecular weight excluding hydrogens is 246 g/mol. The molecule has 18 heavy (non-hydrogen) atoms. The van der Waals surface area contributed by atoms with E-state index in [-0.39, 0.29) is 6.42 Å². The molecule has 0 amide bonds. The normalized spacial score (nSPS) is 13.3. The molecule has 0 saturated heterocycles. The first-order valence-electron chi connectivity index (χ1n) is 5.86. The fourth-order valence-electron chi connectivity index (χ4n) is 2.10. The summed E-state index contributed by atoms with van der Waals surface area (Å²) in [5.41, 5.74) is 7.39. The van der Waals surface area contributed by atoms with Crippen molar-refractivity contribution in [1.29, 1.82) is 0 Å². The van der Waals surface area contributed by atoms with Crippen molar-refractivity contribution in [3.63, 3.8) is 0 Å². The molecule has 0 heterocycles. The number of hydrogen-bond acceptors (Lipinski definition) is 2. The highest BCUT2D eigenvalue weighted by Gasteiger charge is 2.33. The Morgan fingerprint density at radius 3 is 1.67 bits per heavy atom. The number of rotatable bonds is 4. The number of aliphatic hydroxyl groups is 1. The molecule has 0 saturated carbocycles. The second-order valence-corrected chi connectivity index (χ2v) is 4.95. The molecule has 3 heteroatoms. The quantitative estimate of drug-likeness (QED) is 0.657. The molecular formula is C15H16ClNO. The van der Waals surface area contributed by atoms with Gasteiger partial charge in [0.25, 0.3) is 0 Å². The lowest BCUT2D eigenvalue weighted by Crippen LogP contribution is -2.31. The third kappa shape index (κ3) is 2.72. The van der Waals surface area contributed by atoms with E-state index in [2.05, 4.69) is 0 Å². The Hall–Kier alpha value is -1.35. The second-order valence-electron chi connectivity index (χ2n) is 4.30. The highest BCUT2D eigenvalue weighted by atomic mass is 35.5. The lowest BCUT2D eigenvalue weighted by molar-refractivity contribution is 0.161. The van der Waals surface area contributed by atoms with Crippen molar-refractivity contribution in [2.75, 3.05) is 0 Å². The van der Waals surface area contributed by atoms with Crippen LogP contribution in [0, 0.1) is 0 Å². The molecule has 2 aromatic rings. The van der Waals surface area contributed by atoms with Crippen LogP contribution < -0.4 is 5.73 Å². The average molecular weight is 262 g/mol. The van der Waals surface area contributed by atoms with E-state index in [1.54, 1.807) is 0 Å². The summed E-state index contributed by atoms with van der Waals surface area (Å²) in [6.07, 6.45) is -0.689. The molecule has 0 radical (unpaired) electrons. The van der Waals surface area contributed by atoms with Gasteiger partial charge in [-0.1, -0.05) is 60.7 Å². The maximum atomic E-state index is 9.50. The summed E-state index contributed by atoms with van der Waals surface area (Å²) in [6, 6.07) is 19.4. The van der Waals surface area contributed by atoms with Crippen LogP contribution in [0.5, 0.6) is 0 Å². The molecule has 2 rings (SSSR count). The zero-order valence-corrected chi connectivity index (χ0v) is 10.7. The van der Waals surface area contributed by atoms with Gasteiger partial charge in [0.05, 0.1) is 4.87 Å². The van der Waals surface area contributed by atoms with Gasteiger partial charge in [0.2, 0.25) is 0 Å². The van der Waals surface area contributed by atoms with E-state index in [0.29, 0.717) is 0 Å². The fraction of sp³-hybridized carbons (Fsp3) is 0.200. The Morgan fingerprint density at radius 2 is 1.33 bits per heavy atom. The molecule has 0 fully saturated rings. The summed E-state index contributed by atoms with van der Waals surface area (Å²) < 4.78 is 0. The van der Waals surface area contributed by atoms with Gasteiger partial charge in [-0.05, 0) is 11.1 Å². The third-order valence-electron chi connectivity index (χ3n) is 2.95. The van der Waals surface area contributed by atoms with Crippen molar-refractivity contribution in [3.05, 3.63) is 71.8 Å². The summed E-state index contributed by atoms with van der Waals surface area (Å²) in [6.45, 7) is 0. The summed E-state index contributed by atoms with van der Waals surface area (Å²) in [5.74, 6) is 0. The molecule has 2 aromatic carbocycles. The van der Waals surface area contributed by atoms with Gasteiger partial charge in [-0.2, -0.15) is 0 Å². The molecule has 0 bridgehead atoms. The Kier molecular flexibility index (Phi) is 4.02. The standard InChI is InChI=1S/C15H16ClNO/c16-15(11-14(17)18,12-7-3-1-4-8-12)13-9-5-2-6-10-13/h1-10,14,18H,11,17H2. The second kappa shape index (κ2) is 5.53. The number of alkyl halides is 1. The first kappa shape index (κ1) is 13.1. The molecule has 2 nitrogen and oxygen atoms in total. The predicted octanol–water partition coefficient (Wildman–Crippen LogP) is 2.84. The average Bonchev–Trinajstić information content (AvgIpc) is 2.40. The zero-order chi connectivity index (χ0) is 13.0. The molecule has 1 unspecified atom stereocenters. The van der Waals surface area contributed by atoms with E-state index in [0.717, 1.165) is 11.1 Å². The van der Waals surface area contributed by atoms with Gasteiger partial charge in [-0.25, -0.2) is 0 Å². The molecule has 3 N–H and O–H groups in total. The van der Waals surface area contributed by atoms with Gasteiger partial charge in [-0.3, -0.25) is 0 Å². The summed E-state index contributed by atoms with van der Waals surface area (Å²) in [5, 5.41) is 9.50. The van der Waals surface area contributed by atoms with Crippen molar-refractivity contribution in [3.8, 4) is 0 Å². The minimum absolute atomic E-state index is 0.266. The maximum absolute atomic E-state index is 9.50. The van der Waals surface area contributed by atoms with Gasteiger partial charge in [0.1, 0.15) is 6.23 Å². The van der Waals surface area contributed by atoms with Crippen LogP contribution in [0.25, 0.3) is 0 Å². The van der Waals surface area contributed by atoms with Crippen molar-refractivity contribution in [1.82, 2.24) is 0 Å². The predicted molar refractivity (Wildman–Crippen MR) is 74.3 cm³/mol. The van der Waals surface area contributed by atoms with Crippen molar-refractivity contribution in [2.24, 2.45) is 5.73 Å². The molecule has 0 spiro atoms. The van der Waals surface area contributed by atoms with Crippen LogP contribution in [-0.2, 0) is 4.87 Å². The molecule has 1 atom stereocenters. The maximum Gasteiger partial charge on any atom is 0.104 e. The Bertz CT molecular complexity index is 445. The largest absolute Gasteiger partial charge is 0.379 e. The Morgan fingerprint density at radius 1 is 0.944 bits per heavy atom.